The summed E-state index contributed by atoms with van der Waals surface area (Å²) in [6.07, 6.45) is 7.08. The Hall–Kier alpha value is -4.10. The number of rotatable bonds is 34. The van der Waals surface area contributed by atoms with Crippen LogP contribution in [0.2, 0.25) is 0 Å². The maximum Gasteiger partial charge on any atom is 0.481 e. The molecule has 3 fully saturated rings. The number of ketones is 1. The summed E-state index contributed by atoms with van der Waals surface area (Å²) in [5.74, 6) is -2.02. The highest BCUT2D eigenvalue weighted by atomic mass is 31.3. The highest BCUT2D eigenvalue weighted by Crippen LogP contribution is 2.61. The van der Waals surface area contributed by atoms with E-state index in [1.54, 1.807) is 0 Å². The average molecular weight is 1120 g/mol. The molecular formula is C46H70N7O19P3. The molecule has 0 spiro atoms. The third-order valence-electron chi connectivity index (χ3n) is 14.1. The molecule has 6 rings (SSSR count). The SMILES string of the molecule is CC(C)(COP(=O)(O)OP(=O)(O)OCC1OC(n2cnc3c(N)ncnc32)C(O)C1OP(=O)(O)O)C(O)C(=O)NCCC(=O)NCCC(=O)C1(CCCCCc2ccccc2CCCCCCC2(C(=O)O)CC2)CC1. The van der Waals surface area contributed by atoms with Gasteiger partial charge in [0.15, 0.2) is 17.7 Å². The first-order valence-electron chi connectivity index (χ1n) is 25.0. The second kappa shape index (κ2) is 25.6. The lowest BCUT2D eigenvalue weighted by atomic mass is 9.87. The molecule has 2 aromatic heterocycles. The molecule has 3 aromatic rings. The van der Waals surface area contributed by atoms with Crippen molar-refractivity contribution in [2.75, 3.05) is 32.0 Å². The molecule has 75 heavy (non-hydrogen) atoms. The number of phosphoric ester groups is 3. The number of carboxylic acid groups (broad SMARTS) is 1. The van der Waals surface area contributed by atoms with Crippen molar-refractivity contribution in [1.82, 2.24) is 30.2 Å². The maximum absolute atomic E-state index is 13.2. The van der Waals surface area contributed by atoms with Crippen LogP contribution in [0.15, 0.2) is 36.9 Å². The van der Waals surface area contributed by atoms with Crippen LogP contribution >= 0.6 is 23.5 Å². The number of nitrogen functional groups attached to an aromatic ring is 1. The Morgan fingerprint density at radius 2 is 1.43 bits per heavy atom. The molecule has 1 aromatic carbocycles. The first-order valence-corrected chi connectivity index (χ1v) is 29.5. The molecule has 1 aliphatic heterocycles. The standard InChI is InChI=1S/C46H70N7O19P3/c1-44(2,27-69-75(66,67)72-74(64,65)68-26-32-37(71-73(61,62)63)36(56)42(70-32)53-29-52-35-39(47)50-28-51-40(35)53)38(57)41(58)49-25-17-34(55)48-24-16-33(54)45(20-21-45)18-11-5-7-13-31-15-9-8-14-30(31)12-6-3-4-10-19-46(22-23-46)43(59)60/h8-9,14-15,28-29,32,36-38,42,56-57H,3-7,10-13,16-27H2,1-2H3,(H,48,55)(H,49,58)(H,59,60)(H,64,65)(H,66,67)(H2,47,50,51)(H2,61,62,63). The Balaban J connectivity index is 0.838. The van der Waals surface area contributed by atoms with Crippen LogP contribution in [0.5, 0.6) is 0 Å². The summed E-state index contributed by atoms with van der Waals surface area (Å²) in [7, 11) is -16.5. The highest BCUT2D eigenvalue weighted by Gasteiger charge is 2.51. The number of carbonyl (C=O) groups excluding carboxylic acids is 3. The fraction of sp³-hybridized carbons (Fsp3) is 0.674. The second-order valence-electron chi connectivity index (χ2n) is 20.4. The van der Waals surface area contributed by atoms with Crippen molar-refractivity contribution < 1.29 is 90.4 Å². The van der Waals surface area contributed by atoms with Crippen molar-refractivity contribution in [3.8, 4) is 0 Å². The van der Waals surface area contributed by atoms with Crippen LogP contribution in [0.3, 0.4) is 0 Å². The summed E-state index contributed by atoms with van der Waals surface area (Å²) in [6, 6.07) is 8.51. The molecular weight excluding hydrogens is 1050 g/mol. The number of carbonyl (C=O) groups is 4. The minimum Gasteiger partial charge on any atom is -0.481 e. The lowest BCUT2D eigenvalue weighted by molar-refractivity contribution is -0.143. The van der Waals surface area contributed by atoms with Gasteiger partial charge < -0.3 is 56.0 Å². The number of aliphatic hydroxyl groups is 2. The third-order valence-corrected chi connectivity index (χ3v) is 17.2. The molecule has 29 heteroatoms. The highest BCUT2D eigenvalue weighted by molar-refractivity contribution is 7.61. The first-order chi connectivity index (χ1) is 35.3. The van der Waals surface area contributed by atoms with E-state index in [-0.39, 0.29) is 54.1 Å². The number of anilines is 1. The van der Waals surface area contributed by atoms with Crippen molar-refractivity contribution in [2.45, 2.75) is 154 Å². The molecule has 2 saturated carbocycles. The number of nitrogens with two attached hydrogens (primary N) is 1. The van der Waals surface area contributed by atoms with Crippen LogP contribution in [0, 0.1) is 16.2 Å². The molecule has 7 atom stereocenters. The number of nitrogens with one attached hydrogen (secondary N) is 2. The maximum atomic E-state index is 13.2. The van der Waals surface area contributed by atoms with Gasteiger partial charge in [-0.05, 0) is 75.3 Å². The predicted molar refractivity (Wildman–Crippen MR) is 266 cm³/mol. The number of aliphatic hydroxyl groups excluding tert-OH is 2. The minimum atomic E-state index is -5.60. The minimum absolute atomic E-state index is 0.0275. The largest absolute Gasteiger partial charge is 0.481 e. The Labute approximate surface area is 433 Å². The number of carboxylic acids is 1. The molecule has 0 radical (unpaired) electrons. The lowest BCUT2D eigenvalue weighted by Crippen LogP contribution is -2.46. The Bertz CT molecular complexity index is 2620. The molecule has 7 unspecified atom stereocenters. The number of fused-ring (bicyclic) bond motifs is 1. The Morgan fingerprint density at radius 3 is 2.04 bits per heavy atom. The topological polar surface area (TPSA) is 401 Å². The summed E-state index contributed by atoms with van der Waals surface area (Å²) in [6.45, 7) is 0.391. The number of unbranched alkanes of at least 4 members (excludes halogenated alkanes) is 5. The number of phosphoric acid groups is 3. The number of aryl methyl sites for hydroxylation is 2. The van der Waals surface area contributed by atoms with E-state index in [0.717, 1.165) is 114 Å². The molecule has 1 saturated heterocycles. The smallest absolute Gasteiger partial charge is 0.481 e. The van der Waals surface area contributed by atoms with E-state index >= 15 is 0 Å². The number of amides is 2. The summed E-state index contributed by atoms with van der Waals surface area (Å²) >= 11 is 0. The van der Waals surface area contributed by atoms with Crippen molar-refractivity contribution in [3.05, 3.63) is 48.0 Å². The zero-order chi connectivity index (χ0) is 54.8. The lowest BCUT2D eigenvalue weighted by Gasteiger charge is -2.30. The van der Waals surface area contributed by atoms with E-state index in [0.29, 0.717) is 0 Å². The number of hydrogen-bond acceptors (Lipinski definition) is 18. The monoisotopic (exact) mass is 1120 g/mol. The number of Topliss-reactive ketones (excluding diaryl/α,β-unsaturated/α-hetero) is 1. The number of hydrogen-bond donors (Lipinski definition) is 10. The zero-order valence-electron chi connectivity index (χ0n) is 41.9. The molecule has 2 aliphatic carbocycles. The van der Waals surface area contributed by atoms with Crippen molar-refractivity contribution in [2.24, 2.45) is 16.2 Å². The molecule has 3 aliphatic rings. The molecule has 0 bridgehead atoms. The van der Waals surface area contributed by atoms with Crippen LogP contribution in [0.1, 0.15) is 128 Å². The fourth-order valence-electron chi connectivity index (χ4n) is 9.19. The van der Waals surface area contributed by atoms with Gasteiger partial charge in [-0.1, -0.05) is 70.2 Å². The van der Waals surface area contributed by atoms with Crippen LogP contribution in [0.4, 0.5) is 5.82 Å². The number of imidazole rings is 1. The average Bonchev–Trinajstić information content (AvgIpc) is 4.25. The molecule has 26 nitrogen and oxygen atoms in total. The summed E-state index contributed by atoms with van der Waals surface area (Å²) in [4.78, 5) is 101. The van der Waals surface area contributed by atoms with E-state index in [9.17, 15) is 67.8 Å². The Morgan fingerprint density at radius 1 is 0.840 bits per heavy atom. The van der Waals surface area contributed by atoms with Gasteiger partial charge in [-0.2, -0.15) is 4.31 Å². The number of aromatic nitrogens is 4. The van der Waals surface area contributed by atoms with Gasteiger partial charge in [0.2, 0.25) is 11.8 Å². The zero-order valence-corrected chi connectivity index (χ0v) is 44.6. The van der Waals surface area contributed by atoms with Crippen molar-refractivity contribution in [3.63, 3.8) is 0 Å². The van der Waals surface area contributed by atoms with Gasteiger partial charge in [0, 0.05) is 36.8 Å². The predicted octanol–water partition coefficient (Wildman–Crippen LogP) is 4.31. The number of ether oxygens (including phenoxy) is 1. The molecule has 418 valence electrons. The molecule has 3 heterocycles. The van der Waals surface area contributed by atoms with Crippen molar-refractivity contribution >= 4 is 64.0 Å². The number of benzene rings is 1. The number of aliphatic carboxylic acids is 1. The van der Waals surface area contributed by atoms with Gasteiger partial charge in [0.25, 0.3) is 0 Å². The first kappa shape index (κ1) is 60.1. The van der Waals surface area contributed by atoms with E-state index in [1.165, 1.54) is 25.0 Å². The quantitative estimate of drug-likeness (QED) is 0.0294. The van der Waals surface area contributed by atoms with E-state index in [4.69, 9.17) is 19.5 Å². The van der Waals surface area contributed by atoms with Crippen LogP contribution in [-0.2, 0) is 68.3 Å². The summed E-state index contributed by atoms with van der Waals surface area (Å²) in [5.41, 5.74) is 6.18. The van der Waals surface area contributed by atoms with Gasteiger partial charge in [0.1, 0.15) is 42.0 Å². The molecule has 2 amide bonds. The summed E-state index contributed by atoms with van der Waals surface area (Å²) in [5, 5.41) is 36.2. The van der Waals surface area contributed by atoms with Gasteiger partial charge in [-0.3, -0.25) is 37.3 Å². The van der Waals surface area contributed by atoms with Crippen LogP contribution in [-0.4, -0.2) is 129 Å². The van der Waals surface area contributed by atoms with E-state index < -0.39 is 95.9 Å². The van der Waals surface area contributed by atoms with Gasteiger partial charge in [0.05, 0.1) is 25.0 Å². The van der Waals surface area contributed by atoms with Gasteiger partial charge >= 0.3 is 29.4 Å². The van der Waals surface area contributed by atoms with Crippen LogP contribution < -0.4 is 16.4 Å². The van der Waals surface area contributed by atoms with Crippen molar-refractivity contribution in [1.29, 1.82) is 0 Å². The van der Waals surface area contributed by atoms with Crippen LogP contribution in [0.25, 0.3) is 11.2 Å². The summed E-state index contributed by atoms with van der Waals surface area (Å²) < 4.78 is 62.7. The van der Waals surface area contributed by atoms with Gasteiger partial charge in [-0.15, -0.1) is 0 Å². The molecule has 11 N–H and O–H groups in total. The van der Waals surface area contributed by atoms with E-state index in [1.807, 2.05) is 0 Å². The number of nitrogens with zero attached hydrogens (tertiary/aromatic N) is 4. The third kappa shape index (κ3) is 17.2. The van der Waals surface area contributed by atoms with Gasteiger partial charge in [-0.25, -0.2) is 28.6 Å². The van der Waals surface area contributed by atoms with E-state index in [2.05, 4.69) is 58.7 Å². The second-order valence-corrected chi connectivity index (χ2v) is 24.6. The fourth-order valence-corrected chi connectivity index (χ4v) is 12.0. The normalized spacial score (nSPS) is 22.0. The Kier molecular flexibility index (Phi) is 20.5.